The van der Waals surface area contributed by atoms with Crippen molar-refractivity contribution in [1.82, 2.24) is 0 Å². The third-order valence-corrected chi connectivity index (χ3v) is 2.83. The fourth-order valence-corrected chi connectivity index (χ4v) is 1.76. The molecular formula is C11H16N2OS. The molecule has 0 aliphatic rings. The predicted octanol–water partition coefficient (Wildman–Crippen LogP) is 2.25. The van der Waals surface area contributed by atoms with Crippen LogP contribution in [0.4, 0.5) is 0 Å². The molecule has 4 heteroatoms. The largest absolute Gasteiger partial charge is 0.497 e. The molecule has 0 radical (unpaired) electrons. The molecule has 1 aromatic carbocycles. The maximum Gasteiger partial charge on any atom is 0.151 e. The highest BCUT2D eigenvalue weighted by atomic mass is 32.2. The zero-order valence-corrected chi connectivity index (χ0v) is 9.64. The zero-order chi connectivity index (χ0) is 11.1. The Bertz CT molecular complexity index is 311. The van der Waals surface area contributed by atoms with E-state index in [1.807, 2.05) is 12.1 Å². The second-order valence-corrected chi connectivity index (χ2v) is 4.30. The van der Waals surface area contributed by atoms with Crippen LogP contribution >= 0.6 is 11.8 Å². The molecule has 0 atom stereocenters. The molecule has 0 aromatic heterocycles. The SMILES string of the molecule is COc1ccc(CCCSC(=N)N)cc1. The summed E-state index contributed by atoms with van der Waals surface area (Å²) in [5.41, 5.74) is 6.53. The minimum Gasteiger partial charge on any atom is -0.497 e. The van der Waals surface area contributed by atoms with E-state index in [1.54, 1.807) is 7.11 Å². The van der Waals surface area contributed by atoms with Crippen LogP contribution in [0, 0.1) is 5.41 Å². The number of nitrogens with one attached hydrogen (secondary N) is 1. The first-order chi connectivity index (χ1) is 7.22. The van der Waals surface area contributed by atoms with Gasteiger partial charge in [-0.3, -0.25) is 5.41 Å². The molecule has 82 valence electrons. The molecule has 0 aliphatic heterocycles. The molecular weight excluding hydrogens is 208 g/mol. The van der Waals surface area contributed by atoms with Gasteiger partial charge in [-0.1, -0.05) is 23.9 Å². The lowest BCUT2D eigenvalue weighted by atomic mass is 10.1. The summed E-state index contributed by atoms with van der Waals surface area (Å²) in [6.07, 6.45) is 2.06. The second-order valence-electron chi connectivity index (χ2n) is 3.16. The molecule has 0 fully saturated rings. The van der Waals surface area contributed by atoms with Gasteiger partial charge in [-0.2, -0.15) is 0 Å². The Labute approximate surface area is 94.5 Å². The Balaban J connectivity index is 2.28. The van der Waals surface area contributed by atoms with Crippen LogP contribution in [0.15, 0.2) is 24.3 Å². The van der Waals surface area contributed by atoms with Gasteiger partial charge in [-0.05, 0) is 30.5 Å². The highest BCUT2D eigenvalue weighted by Gasteiger charge is 1.96. The standard InChI is InChI=1S/C11H16N2OS/c1-14-10-6-4-9(5-7-10)3-2-8-15-11(12)13/h4-7H,2-3,8H2,1H3,(H3,12,13). The third-order valence-electron chi connectivity index (χ3n) is 2.03. The van der Waals surface area contributed by atoms with Gasteiger partial charge in [-0.25, -0.2) is 0 Å². The molecule has 0 unspecified atom stereocenters. The minimum absolute atomic E-state index is 0.199. The Kier molecular flexibility index (Phi) is 5.04. The molecule has 1 rings (SSSR count). The van der Waals surface area contributed by atoms with Crippen LogP contribution in [-0.2, 0) is 6.42 Å². The van der Waals surface area contributed by atoms with E-state index in [0.717, 1.165) is 24.3 Å². The molecule has 1 aromatic rings. The maximum atomic E-state index is 7.05. The average molecular weight is 224 g/mol. The topological polar surface area (TPSA) is 59.1 Å². The summed E-state index contributed by atoms with van der Waals surface area (Å²) in [6.45, 7) is 0. The van der Waals surface area contributed by atoms with Gasteiger partial charge < -0.3 is 10.5 Å². The van der Waals surface area contributed by atoms with Gasteiger partial charge in [0.05, 0.1) is 7.11 Å². The van der Waals surface area contributed by atoms with Crippen molar-refractivity contribution in [2.75, 3.05) is 12.9 Å². The molecule has 0 amide bonds. The van der Waals surface area contributed by atoms with Crippen LogP contribution in [0.3, 0.4) is 0 Å². The smallest absolute Gasteiger partial charge is 0.151 e. The number of benzene rings is 1. The van der Waals surface area contributed by atoms with E-state index in [4.69, 9.17) is 15.9 Å². The number of amidine groups is 1. The van der Waals surface area contributed by atoms with E-state index in [-0.39, 0.29) is 5.17 Å². The van der Waals surface area contributed by atoms with Crippen LogP contribution in [-0.4, -0.2) is 18.0 Å². The van der Waals surface area contributed by atoms with E-state index in [9.17, 15) is 0 Å². The molecule has 0 saturated carbocycles. The Morgan fingerprint density at radius 1 is 1.40 bits per heavy atom. The van der Waals surface area contributed by atoms with Gasteiger partial charge in [0.2, 0.25) is 0 Å². The Morgan fingerprint density at radius 2 is 2.07 bits per heavy atom. The van der Waals surface area contributed by atoms with Gasteiger partial charge in [0.25, 0.3) is 0 Å². The second kappa shape index (κ2) is 6.35. The summed E-state index contributed by atoms with van der Waals surface area (Å²) in [5, 5.41) is 7.25. The maximum absolute atomic E-state index is 7.05. The summed E-state index contributed by atoms with van der Waals surface area (Å²) in [4.78, 5) is 0. The first kappa shape index (κ1) is 11.9. The van der Waals surface area contributed by atoms with E-state index in [1.165, 1.54) is 17.3 Å². The lowest BCUT2D eigenvalue weighted by Gasteiger charge is -2.03. The molecule has 3 nitrogen and oxygen atoms in total. The van der Waals surface area contributed by atoms with Gasteiger partial charge in [0, 0.05) is 5.75 Å². The van der Waals surface area contributed by atoms with Crippen LogP contribution in [0.25, 0.3) is 0 Å². The highest BCUT2D eigenvalue weighted by Crippen LogP contribution is 2.13. The molecule has 3 N–H and O–H groups in total. The van der Waals surface area contributed by atoms with E-state index in [2.05, 4.69) is 12.1 Å². The van der Waals surface area contributed by atoms with Crippen LogP contribution in [0.2, 0.25) is 0 Å². The quantitative estimate of drug-likeness (QED) is 0.458. The first-order valence-electron chi connectivity index (χ1n) is 4.82. The van der Waals surface area contributed by atoms with Gasteiger partial charge >= 0.3 is 0 Å². The number of nitrogens with two attached hydrogens (primary N) is 1. The van der Waals surface area contributed by atoms with Gasteiger partial charge in [-0.15, -0.1) is 0 Å². The van der Waals surface area contributed by atoms with Crippen molar-refractivity contribution in [3.05, 3.63) is 29.8 Å². The van der Waals surface area contributed by atoms with Crippen molar-refractivity contribution in [3.63, 3.8) is 0 Å². The summed E-state index contributed by atoms with van der Waals surface area (Å²) in [5.74, 6) is 1.79. The number of aryl methyl sites for hydroxylation is 1. The first-order valence-corrected chi connectivity index (χ1v) is 5.80. The third kappa shape index (κ3) is 4.74. The molecule has 0 heterocycles. The molecule has 0 aliphatic carbocycles. The summed E-state index contributed by atoms with van der Waals surface area (Å²) < 4.78 is 5.08. The van der Waals surface area contributed by atoms with Gasteiger partial charge in [0.1, 0.15) is 5.75 Å². The number of thioether (sulfide) groups is 1. The molecule has 15 heavy (non-hydrogen) atoms. The molecule has 0 saturated heterocycles. The van der Waals surface area contributed by atoms with Gasteiger partial charge in [0.15, 0.2) is 5.17 Å². The fourth-order valence-electron chi connectivity index (χ4n) is 1.25. The molecule has 0 bridgehead atoms. The van der Waals surface area contributed by atoms with Crippen molar-refractivity contribution < 1.29 is 4.74 Å². The number of methoxy groups -OCH3 is 1. The fraction of sp³-hybridized carbons (Fsp3) is 0.364. The Hall–Kier alpha value is -1.16. The van der Waals surface area contributed by atoms with E-state index >= 15 is 0 Å². The monoisotopic (exact) mass is 224 g/mol. The summed E-state index contributed by atoms with van der Waals surface area (Å²) >= 11 is 1.39. The van der Waals surface area contributed by atoms with Crippen molar-refractivity contribution in [1.29, 1.82) is 5.41 Å². The molecule has 0 spiro atoms. The minimum atomic E-state index is 0.199. The normalized spacial score (nSPS) is 9.93. The lowest BCUT2D eigenvalue weighted by molar-refractivity contribution is 0.414. The zero-order valence-electron chi connectivity index (χ0n) is 8.82. The highest BCUT2D eigenvalue weighted by molar-refractivity contribution is 8.13. The van der Waals surface area contributed by atoms with Crippen LogP contribution in [0.1, 0.15) is 12.0 Å². The predicted molar refractivity (Wildman–Crippen MR) is 65.7 cm³/mol. The average Bonchev–Trinajstić information content (AvgIpc) is 2.25. The van der Waals surface area contributed by atoms with Crippen LogP contribution < -0.4 is 10.5 Å². The summed E-state index contributed by atoms with van der Waals surface area (Å²) in [6, 6.07) is 8.06. The van der Waals surface area contributed by atoms with Crippen LogP contribution in [0.5, 0.6) is 5.75 Å². The van der Waals surface area contributed by atoms with Crippen molar-refractivity contribution >= 4 is 16.9 Å². The number of hydrogen-bond donors (Lipinski definition) is 2. The van der Waals surface area contributed by atoms with Crippen molar-refractivity contribution in [2.45, 2.75) is 12.8 Å². The van der Waals surface area contributed by atoms with E-state index < -0.39 is 0 Å². The summed E-state index contributed by atoms with van der Waals surface area (Å²) in [7, 11) is 1.67. The van der Waals surface area contributed by atoms with E-state index in [0.29, 0.717) is 0 Å². The number of rotatable bonds is 5. The number of hydrogen-bond acceptors (Lipinski definition) is 3. The Morgan fingerprint density at radius 3 is 2.60 bits per heavy atom. The lowest BCUT2D eigenvalue weighted by Crippen LogP contribution is -2.04. The number of ether oxygens (including phenoxy) is 1. The van der Waals surface area contributed by atoms with Crippen molar-refractivity contribution in [3.8, 4) is 5.75 Å². The van der Waals surface area contributed by atoms with Crippen molar-refractivity contribution in [2.24, 2.45) is 5.73 Å².